The summed E-state index contributed by atoms with van der Waals surface area (Å²) in [5, 5.41) is 22.9. The van der Waals surface area contributed by atoms with Crippen LogP contribution >= 0.6 is 11.6 Å². The van der Waals surface area contributed by atoms with Crippen molar-refractivity contribution in [3.63, 3.8) is 0 Å². The Balaban J connectivity index is 2.33. The van der Waals surface area contributed by atoms with E-state index in [1.165, 1.54) is 32.4 Å². The van der Waals surface area contributed by atoms with Crippen LogP contribution in [0.3, 0.4) is 0 Å². The second-order valence-corrected chi connectivity index (χ2v) is 5.59. The number of nitro groups is 1. The molecule has 0 heterocycles. The molecule has 27 heavy (non-hydrogen) atoms. The second-order valence-electron chi connectivity index (χ2n) is 5.16. The number of carbonyl (C=O) groups excluding carboxylic acids is 1. The maximum atomic E-state index is 12.4. The molecule has 138 valence electrons. The molecule has 0 aliphatic heterocycles. The number of amides is 1. The van der Waals surface area contributed by atoms with Gasteiger partial charge in [0.2, 0.25) is 0 Å². The Labute approximate surface area is 159 Å². The van der Waals surface area contributed by atoms with Gasteiger partial charge in [-0.2, -0.15) is 5.26 Å². The molecule has 0 unspecified atom stereocenters. The van der Waals surface area contributed by atoms with Crippen LogP contribution < -0.4 is 14.8 Å². The minimum absolute atomic E-state index is 0.0668. The summed E-state index contributed by atoms with van der Waals surface area (Å²) >= 11 is 5.74. The maximum absolute atomic E-state index is 12.4. The number of hydrogen-bond donors (Lipinski definition) is 1. The number of methoxy groups -OCH3 is 2. The van der Waals surface area contributed by atoms with E-state index in [1.54, 1.807) is 24.3 Å². The van der Waals surface area contributed by atoms with E-state index in [-0.39, 0.29) is 22.0 Å². The summed E-state index contributed by atoms with van der Waals surface area (Å²) < 4.78 is 10.3. The van der Waals surface area contributed by atoms with E-state index in [9.17, 15) is 20.2 Å². The van der Waals surface area contributed by atoms with E-state index in [0.29, 0.717) is 17.1 Å². The average molecular weight is 388 g/mol. The fourth-order valence-corrected chi connectivity index (χ4v) is 2.38. The van der Waals surface area contributed by atoms with Crippen LogP contribution in [0.5, 0.6) is 11.5 Å². The van der Waals surface area contributed by atoms with Gasteiger partial charge in [0.1, 0.15) is 17.3 Å². The molecule has 1 amide bonds. The third kappa shape index (κ3) is 4.74. The summed E-state index contributed by atoms with van der Waals surface area (Å²) in [7, 11) is 2.95. The first-order chi connectivity index (χ1) is 12.9. The molecule has 0 aromatic heterocycles. The minimum Gasteiger partial charge on any atom is -0.493 e. The van der Waals surface area contributed by atoms with Crippen molar-refractivity contribution in [3.8, 4) is 17.6 Å². The molecule has 2 aromatic rings. The Kier molecular flexibility index (Phi) is 6.36. The summed E-state index contributed by atoms with van der Waals surface area (Å²) in [6.45, 7) is 0. The monoisotopic (exact) mass is 387 g/mol. The molecule has 0 saturated carbocycles. The van der Waals surface area contributed by atoms with E-state index < -0.39 is 10.8 Å². The number of ether oxygens (including phenoxy) is 2. The molecule has 2 rings (SSSR count). The van der Waals surface area contributed by atoms with Gasteiger partial charge in [0.25, 0.3) is 11.6 Å². The number of nitrogens with one attached hydrogen (secondary N) is 1. The lowest BCUT2D eigenvalue weighted by Gasteiger charge is -2.08. The lowest BCUT2D eigenvalue weighted by atomic mass is 10.1. The molecule has 8 nitrogen and oxygen atoms in total. The van der Waals surface area contributed by atoms with Gasteiger partial charge in [0, 0.05) is 11.1 Å². The molecule has 0 saturated heterocycles. The van der Waals surface area contributed by atoms with Crippen molar-refractivity contribution in [1.29, 1.82) is 5.26 Å². The molecule has 0 bridgehead atoms. The average Bonchev–Trinajstić information content (AvgIpc) is 2.66. The molecule has 9 heteroatoms. The zero-order chi connectivity index (χ0) is 20.0. The quantitative estimate of drug-likeness (QED) is 0.349. The number of hydrogen-bond acceptors (Lipinski definition) is 6. The highest BCUT2D eigenvalue weighted by Crippen LogP contribution is 2.30. The van der Waals surface area contributed by atoms with Gasteiger partial charge in [-0.05, 0) is 35.9 Å². The number of anilines is 1. The van der Waals surface area contributed by atoms with Gasteiger partial charge in [-0.15, -0.1) is 0 Å². The first-order valence-corrected chi connectivity index (χ1v) is 7.86. The third-order valence-electron chi connectivity index (χ3n) is 3.49. The number of nitrogens with zero attached hydrogens (tertiary/aromatic N) is 2. The Bertz CT molecular complexity index is 966. The summed E-state index contributed by atoms with van der Waals surface area (Å²) in [6, 6.07) is 10.4. The summed E-state index contributed by atoms with van der Waals surface area (Å²) in [5.74, 6) is 0.129. The van der Waals surface area contributed by atoms with E-state index >= 15 is 0 Å². The fraction of sp³-hybridized carbons (Fsp3) is 0.111. The van der Waals surface area contributed by atoms with E-state index in [4.69, 9.17) is 21.1 Å². The van der Waals surface area contributed by atoms with Crippen LogP contribution in [0.4, 0.5) is 11.4 Å². The number of nitro benzene ring substituents is 1. The SMILES string of the molecule is COc1ccc(C=C(C#N)C(=O)Nc2ccc(Cl)cc2[N+](=O)[O-])cc1OC. The van der Waals surface area contributed by atoms with Gasteiger partial charge in [-0.3, -0.25) is 14.9 Å². The Morgan fingerprint density at radius 2 is 1.93 bits per heavy atom. The van der Waals surface area contributed by atoms with Crippen molar-refractivity contribution in [2.45, 2.75) is 0 Å². The predicted molar refractivity (Wildman–Crippen MR) is 99.9 cm³/mol. The maximum Gasteiger partial charge on any atom is 0.294 e. The molecular formula is C18H14ClN3O5. The molecule has 0 radical (unpaired) electrons. The van der Waals surface area contributed by atoms with Gasteiger partial charge < -0.3 is 14.8 Å². The van der Waals surface area contributed by atoms with Crippen molar-refractivity contribution >= 4 is 35.0 Å². The lowest BCUT2D eigenvalue weighted by Crippen LogP contribution is -2.14. The summed E-state index contributed by atoms with van der Waals surface area (Å²) in [4.78, 5) is 22.8. The Hall–Kier alpha value is -3.57. The number of benzene rings is 2. The van der Waals surface area contributed by atoms with Crippen LogP contribution in [0, 0.1) is 21.4 Å². The number of halogens is 1. The zero-order valence-electron chi connectivity index (χ0n) is 14.4. The predicted octanol–water partition coefficient (Wildman–Crippen LogP) is 3.81. The standard InChI is InChI=1S/C18H14ClN3O5/c1-26-16-6-3-11(8-17(16)27-2)7-12(10-20)18(23)21-14-5-4-13(19)9-15(14)22(24)25/h3-9H,1-2H3,(H,21,23). The molecule has 0 aliphatic rings. The van der Waals surface area contributed by atoms with Crippen LogP contribution in [-0.4, -0.2) is 25.1 Å². The lowest BCUT2D eigenvalue weighted by molar-refractivity contribution is -0.383. The normalized spacial score (nSPS) is 10.7. The topological polar surface area (TPSA) is 114 Å². The molecular weight excluding hydrogens is 374 g/mol. The van der Waals surface area contributed by atoms with Crippen molar-refractivity contribution in [2.75, 3.05) is 19.5 Å². The van der Waals surface area contributed by atoms with Crippen LogP contribution in [0.2, 0.25) is 5.02 Å². The second kappa shape index (κ2) is 8.69. The van der Waals surface area contributed by atoms with Gasteiger partial charge in [-0.25, -0.2) is 0 Å². The van der Waals surface area contributed by atoms with Gasteiger partial charge >= 0.3 is 0 Å². The van der Waals surface area contributed by atoms with Crippen molar-refractivity contribution in [3.05, 3.63) is 62.7 Å². The van der Waals surface area contributed by atoms with Crippen molar-refractivity contribution in [2.24, 2.45) is 0 Å². The van der Waals surface area contributed by atoms with Crippen molar-refractivity contribution in [1.82, 2.24) is 0 Å². The van der Waals surface area contributed by atoms with Gasteiger partial charge in [-0.1, -0.05) is 17.7 Å². The highest BCUT2D eigenvalue weighted by atomic mass is 35.5. The highest BCUT2D eigenvalue weighted by molar-refractivity contribution is 6.31. The van der Waals surface area contributed by atoms with Crippen LogP contribution in [0.1, 0.15) is 5.56 Å². The number of rotatable bonds is 6. The zero-order valence-corrected chi connectivity index (χ0v) is 15.1. The molecule has 2 aromatic carbocycles. The smallest absolute Gasteiger partial charge is 0.294 e. The molecule has 0 spiro atoms. The first-order valence-electron chi connectivity index (χ1n) is 7.48. The van der Waals surface area contributed by atoms with Crippen LogP contribution in [-0.2, 0) is 4.79 Å². The third-order valence-corrected chi connectivity index (χ3v) is 3.72. The van der Waals surface area contributed by atoms with Gasteiger partial charge in [0.15, 0.2) is 11.5 Å². The van der Waals surface area contributed by atoms with E-state index in [1.807, 2.05) is 0 Å². The number of carbonyl (C=O) groups is 1. The van der Waals surface area contributed by atoms with Crippen LogP contribution in [0.25, 0.3) is 6.08 Å². The summed E-state index contributed by atoms with van der Waals surface area (Å²) in [5.41, 5.74) is -0.168. The fourth-order valence-electron chi connectivity index (χ4n) is 2.21. The molecule has 1 N–H and O–H groups in total. The first kappa shape index (κ1) is 19.8. The Morgan fingerprint density at radius 3 is 2.52 bits per heavy atom. The largest absolute Gasteiger partial charge is 0.493 e. The summed E-state index contributed by atoms with van der Waals surface area (Å²) in [6.07, 6.45) is 1.33. The Morgan fingerprint density at radius 1 is 1.22 bits per heavy atom. The van der Waals surface area contributed by atoms with Crippen molar-refractivity contribution < 1.29 is 19.2 Å². The minimum atomic E-state index is -0.794. The van der Waals surface area contributed by atoms with Crippen LogP contribution in [0.15, 0.2) is 42.0 Å². The number of nitriles is 1. The van der Waals surface area contributed by atoms with E-state index in [0.717, 1.165) is 6.07 Å². The van der Waals surface area contributed by atoms with Gasteiger partial charge in [0.05, 0.1) is 19.1 Å². The van der Waals surface area contributed by atoms with E-state index in [2.05, 4.69) is 5.32 Å². The molecule has 0 fully saturated rings. The molecule has 0 aliphatic carbocycles. The molecule has 0 atom stereocenters. The highest BCUT2D eigenvalue weighted by Gasteiger charge is 2.18.